The predicted octanol–water partition coefficient (Wildman–Crippen LogP) is 3.94. The fourth-order valence-corrected chi connectivity index (χ4v) is 4.56. The number of rotatable bonds is 5. The Bertz CT molecular complexity index is 866. The summed E-state index contributed by atoms with van der Waals surface area (Å²) in [5, 5.41) is 3.67. The van der Waals surface area contributed by atoms with Crippen molar-refractivity contribution in [3.8, 4) is 0 Å². The Morgan fingerprint density at radius 1 is 1.44 bits per heavy atom. The molecule has 25 heavy (non-hydrogen) atoms. The second-order valence-corrected chi connectivity index (χ2v) is 8.07. The zero-order chi connectivity index (χ0) is 18.0. The first-order valence-corrected chi connectivity index (χ1v) is 10.1. The number of carbonyl (C=O) groups excluding carboxylic acids is 1. The molecule has 1 unspecified atom stereocenters. The largest absolute Gasteiger partial charge is 0.326 e. The highest BCUT2D eigenvalue weighted by Gasteiger charge is 2.27. The third-order valence-corrected chi connectivity index (χ3v) is 5.72. The molecular weight excluding hydrogens is 402 g/mol. The number of halogens is 1. The van der Waals surface area contributed by atoms with Crippen LogP contribution >= 0.6 is 27.7 Å². The van der Waals surface area contributed by atoms with E-state index in [4.69, 9.17) is 0 Å². The van der Waals surface area contributed by atoms with Crippen LogP contribution in [0.15, 0.2) is 38.7 Å². The lowest BCUT2D eigenvalue weighted by Crippen LogP contribution is -2.27. The molecule has 0 spiro atoms. The van der Waals surface area contributed by atoms with Crippen LogP contribution in [-0.2, 0) is 11.2 Å². The maximum Gasteiger partial charge on any atom is 0.254 e. The van der Waals surface area contributed by atoms with Gasteiger partial charge < -0.3 is 5.32 Å². The monoisotopic (exact) mass is 421 g/mol. The molecule has 0 aliphatic carbocycles. The van der Waals surface area contributed by atoms with Crippen molar-refractivity contribution in [2.45, 2.75) is 44.3 Å². The maximum atomic E-state index is 12.4. The van der Waals surface area contributed by atoms with E-state index in [9.17, 15) is 9.59 Å². The quantitative estimate of drug-likeness (QED) is 0.742. The Kier molecular flexibility index (Phi) is 5.64. The van der Waals surface area contributed by atoms with Gasteiger partial charge in [-0.3, -0.25) is 14.2 Å². The standard InChI is InChI=1S/C18H20BrN3O2S/c1-3-4-13-8-17(24)22-14(10-25-18(22)20-13)9-16(23)21-15-6-5-12(19)7-11(15)2/h5-8,14H,3-4,9-10H2,1-2H3,(H,21,23). The lowest BCUT2D eigenvalue weighted by atomic mass is 10.1. The van der Waals surface area contributed by atoms with Crippen molar-refractivity contribution in [1.82, 2.24) is 9.55 Å². The summed E-state index contributed by atoms with van der Waals surface area (Å²) in [5.74, 6) is 0.610. The molecule has 0 bridgehead atoms. The first-order valence-electron chi connectivity index (χ1n) is 8.29. The zero-order valence-electron chi connectivity index (χ0n) is 14.2. The van der Waals surface area contributed by atoms with Crippen molar-refractivity contribution < 1.29 is 4.79 Å². The average Bonchev–Trinajstić information content (AvgIpc) is 2.94. The Labute approximate surface area is 159 Å². The van der Waals surface area contributed by atoms with Gasteiger partial charge in [0.05, 0.1) is 6.04 Å². The number of nitrogens with one attached hydrogen (secondary N) is 1. The van der Waals surface area contributed by atoms with Crippen LogP contribution in [0.25, 0.3) is 0 Å². The van der Waals surface area contributed by atoms with Gasteiger partial charge in [-0.25, -0.2) is 4.98 Å². The molecule has 1 aliphatic rings. The summed E-state index contributed by atoms with van der Waals surface area (Å²) in [6, 6.07) is 7.18. The fourth-order valence-electron chi connectivity index (χ4n) is 2.92. The van der Waals surface area contributed by atoms with E-state index < -0.39 is 0 Å². The van der Waals surface area contributed by atoms with Gasteiger partial charge in [0.25, 0.3) is 5.56 Å². The van der Waals surface area contributed by atoms with E-state index in [1.165, 1.54) is 0 Å². The number of aromatic nitrogens is 2. The van der Waals surface area contributed by atoms with E-state index in [2.05, 4.69) is 33.2 Å². The minimum absolute atomic E-state index is 0.0592. The smallest absolute Gasteiger partial charge is 0.254 e. The molecule has 1 aromatic heterocycles. The van der Waals surface area contributed by atoms with Gasteiger partial charge in [0.1, 0.15) is 0 Å². The Balaban J connectivity index is 1.73. The number of hydrogen-bond acceptors (Lipinski definition) is 4. The van der Waals surface area contributed by atoms with Gasteiger partial charge in [0, 0.05) is 34.1 Å². The maximum absolute atomic E-state index is 12.4. The third kappa shape index (κ3) is 4.15. The van der Waals surface area contributed by atoms with Gasteiger partial charge >= 0.3 is 0 Å². The van der Waals surface area contributed by atoms with Gasteiger partial charge in [-0.05, 0) is 37.1 Å². The van der Waals surface area contributed by atoms with Gasteiger partial charge in [0.2, 0.25) is 5.91 Å². The molecule has 0 radical (unpaired) electrons. The molecule has 1 amide bonds. The summed E-state index contributed by atoms with van der Waals surface area (Å²) < 4.78 is 2.64. The summed E-state index contributed by atoms with van der Waals surface area (Å²) in [5.41, 5.74) is 2.56. The van der Waals surface area contributed by atoms with Crippen LogP contribution in [0, 0.1) is 6.92 Å². The molecule has 2 heterocycles. The molecule has 132 valence electrons. The van der Waals surface area contributed by atoms with E-state index in [0.717, 1.165) is 39.4 Å². The Morgan fingerprint density at radius 2 is 2.24 bits per heavy atom. The minimum atomic E-state index is -0.147. The molecule has 3 rings (SSSR count). The van der Waals surface area contributed by atoms with Crippen molar-refractivity contribution in [3.63, 3.8) is 0 Å². The molecule has 1 aliphatic heterocycles. The predicted molar refractivity (Wildman–Crippen MR) is 104 cm³/mol. The molecule has 1 N–H and O–H groups in total. The third-order valence-electron chi connectivity index (χ3n) is 4.13. The molecule has 1 aromatic carbocycles. The lowest BCUT2D eigenvalue weighted by Gasteiger charge is -2.14. The van der Waals surface area contributed by atoms with Crippen LogP contribution in [-0.4, -0.2) is 21.2 Å². The lowest BCUT2D eigenvalue weighted by molar-refractivity contribution is -0.116. The molecule has 0 fully saturated rings. The molecule has 2 aromatic rings. The highest BCUT2D eigenvalue weighted by atomic mass is 79.9. The number of thioether (sulfide) groups is 1. The SMILES string of the molecule is CCCc1cc(=O)n2c(n1)SCC2CC(=O)Nc1ccc(Br)cc1C. The number of benzene rings is 1. The van der Waals surface area contributed by atoms with E-state index >= 15 is 0 Å². The van der Waals surface area contributed by atoms with Gasteiger partial charge in [0.15, 0.2) is 5.16 Å². The highest BCUT2D eigenvalue weighted by Crippen LogP contribution is 2.32. The molecular formula is C18H20BrN3O2S. The second kappa shape index (κ2) is 7.74. The van der Waals surface area contributed by atoms with E-state index in [0.29, 0.717) is 5.75 Å². The van der Waals surface area contributed by atoms with Crippen LogP contribution < -0.4 is 10.9 Å². The molecule has 7 heteroatoms. The first-order chi connectivity index (χ1) is 12.0. The van der Waals surface area contributed by atoms with Crippen molar-refractivity contribution >= 4 is 39.3 Å². The van der Waals surface area contributed by atoms with Crippen molar-refractivity contribution in [2.24, 2.45) is 0 Å². The van der Waals surface area contributed by atoms with Gasteiger partial charge in [-0.2, -0.15) is 0 Å². The number of fused-ring (bicyclic) bond motifs is 1. The molecule has 1 atom stereocenters. The van der Waals surface area contributed by atoms with Crippen molar-refractivity contribution in [2.75, 3.05) is 11.1 Å². The van der Waals surface area contributed by atoms with Gasteiger partial charge in [-0.1, -0.05) is 41.0 Å². The number of hydrogen-bond donors (Lipinski definition) is 1. The summed E-state index contributed by atoms with van der Waals surface area (Å²) in [6.45, 7) is 4.02. The van der Waals surface area contributed by atoms with Crippen LogP contribution in [0.5, 0.6) is 0 Å². The number of amides is 1. The summed E-state index contributed by atoms with van der Waals surface area (Å²) in [4.78, 5) is 29.4. The number of anilines is 1. The van der Waals surface area contributed by atoms with Crippen LogP contribution in [0.2, 0.25) is 0 Å². The van der Waals surface area contributed by atoms with Gasteiger partial charge in [-0.15, -0.1) is 0 Å². The number of nitrogens with zero attached hydrogens (tertiary/aromatic N) is 2. The fraction of sp³-hybridized carbons (Fsp3) is 0.389. The van der Waals surface area contributed by atoms with Crippen LogP contribution in [0.3, 0.4) is 0 Å². The second-order valence-electron chi connectivity index (χ2n) is 6.16. The van der Waals surface area contributed by atoms with E-state index in [1.807, 2.05) is 25.1 Å². The Morgan fingerprint density at radius 3 is 2.96 bits per heavy atom. The van der Waals surface area contributed by atoms with E-state index in [1.54, 1.807) is 22.4 Å². The number of carbonyl (C=O) groups is 1. The number of aryl methyl sites for hydroxylation is 2. The average molecular weight is 422 g/mol. The first kappa shape index (κ1) is 18.2. The highest BCUT2D eigenvalue weighted by molar-refractivity contribution is 9.10. The topological polar surface area (TPSA) is 64.0 Å². The Hall–Kier alpha value is -1.60. The van der Waals surface area contributed by atoms with Crippen LogP contribution in [0.4, 0.5) is 5.69 Å². The normalized spacial score (nSPS) is 15.9. The van der Waals surface area contributed by atoms with Crippen LogP contribution in [0.1, 0.15) is 37.1 Å². The summed E-state index contributed by atoms with van der Waals surface area (Å²) in [7, 11) is 0. The van der Waals surface area contributed by atoms with Crippen molar-refractivity contribution in [3.05, 3.63) is 50.3 Å². The summed E-state index contributed by atoms with van der Waals surface area (Å²) >= 11 is 4.97. The van der Waals surface area contributed by atoms with Crippen molar-refractivity contribution in [1.29, 1.82) is 0 Å². The molecule has 0 saturated carbocycles. The summed E-state index contributed by atoms with van der Waals surface area (Å²) in [6.07, 6.45) is 2.03. The minimum Gasteiger partial charge on any atom is -0.326 e. The molecule has 5 nitrogen and oxygen atoms in total. The van der Waals surface area contributed by atoms with E-state index in [-0.39, 0.29) is 23.9 Å². The zero-order valence-corrected chi connectivity index (χ0v) is 16.6. The molecule has 0 saturated heterocycles.